The molecule has 0 fully saturated rings. The van der Waals surface area contributed by atoms with E-state index in [9.17, 15) is 4.79 Å². The summed E-state index contributed by atoms with van der Waals surface area (Å²) < 4.78 is 1.78. The minimum Gasteiger partial charge on any atom is -0.347 e. The minimum atomic E-state index is -0.00361. The number of amides is 1. The van der Waals surface area contributed by atoms with Gasteiger partial charge in [0.05, 0.1) is 24.3 Å². The molecule has 5 rings (SSSR count). The summed E-state index contributed by atoms with van der Waals surface area (Å²) in [5.74, 6) is 0.0530. The van der Waals surface area contributed by atoms with Gasteiger partial charge in [0.15, 0.2) is 0 Å². The predicted octanol–water partition coefficient (Wildman–Crippen LogP) is 2.78. The number of benzene rings is 2. The van der Waals surface area contributed by atoms with Gasteiger partial charge in [0, 0.05) is 23.7 Å². The lowest BCUT2D eigenvalue weighted by Crippen LogP contribution is -2.38. The number of H-pyrrole nitrogens is 1. The van der Waals surface area contributed by atoms with Crippen molar-refractivity contribution in [2.75, 3.05) is 6.54 Å². The van der Waals surface area contributed by atoms with Crippen LogP contribution in [0.3, 0.4) is 0 Å². The summed E-state index contributed by atoms with van der Waals surface area (Å²) in [6.07, 6.45) is 4.95. The van der Waals surface area contributed by atoms with Crippen molar-refractivity contribution in [2.24, 2.45) is 0 Å². The van der Waals surface area contributed by atoms with E-state index in [1.54, 1.807) is 23.5 Å². The number of fused-ring (bicyclic) bond motifs is 1. The zero-order chi connectivity index (χ0) is 18.9. The van der Waals surface area contributed by atoms with Crippen molar-refractivity contribution >= 4 is 5.91 Å². The highest BCUT2D eigenvalue weighted by Crippen LogP contribution is 2.32. The first-order valence-corrected chi connectivity index (χ1v) is 9.11. The molecule has 1 atom stereocenters. The van der Waals surface area contributed by atoms with E-state index >= 15 is 0 Å². The number of imidazole rings is 1. The SMILES string of the molecule is O=C(c1cccc(-n2cnnc2)c1)N1Cc2[nH]cnc2C(c2ccccc2)C1. The highest BCUT2D eigenvalue weighted by atomic mass is 16.2. The smallest absolute Gasteiger partial charge is 0.254 e. The molecule has 1 N–H and O–H groups in total. The molecule has 1 aliphatic heterocycles. The Hall–Kier alpha value is -3.74. The molecule has 4 aromatic rings. The second-order valence-corrected chi connectivity index (χ2v) is 6.83. The van der Waals surface area contributed by atoms with Crippen LogP contribution in [0.5, 0.6) is 0 Å². The molecule has 2 aromatic carbocycles. The quantitative estimate of drug-likeness (QED) is 0.601. The lowest BCUT2D eigenvalue weighted by molar-refractivity contribution is 0.0722. The second-order valence-electron chi connectivity index (χ2n) is 6.83. The largest absolute Gasteiger partial charge is 0.347 e. The van der Waals surface area contributed by atoms with Gasteiger partial charge in [0.1, 0.15) is 12.7 Å². The van der Waals surface area contributed by atoms with E-state index in [1.165, 1.54) is 0 Å². The molecule has 28 heavy (non-hydrogen) atoms. The first-order chi connectivity index (χ1) is 13.8. The highest BCUT2D eigenvalue weighted by molar-refractivity contribution is 5.95. The van der Waals surface area contributed by atoms with Crippen molar-refractivity contribution in [3.8, 4) is 5.69 Å². The molecule has 3 heterocycles. The first kappa shape index (κ1) is 16.4. The van der Waals surface area contributed by atoms with Crippen LogP contribution in [0.1, 0.15) is 33.2 Å². The average Bonchev–Trinajstić information content (AvgIpc) is 3.45. The van der Waals surface area contributed by atoms with Gasteiger partial charge in [-0.2, -0.15) is 0 Å². The van der Waals surface area contributed by atoms with E-state index < -0.39 is 0 Å². The second kappa shape index (κ2) is 6.77. The van der Waals surface area contributed by atoms with Gasteiger partial charge in [0.2, 0.25) is 0 Å². The Morgan fingerprint density at radius 3 is 2.68 bits per heavy atom. The fourth-order valence-corrected chi connectivity index (χ4v) is 3.74. The maximum Gasteiger partial charge on any atom is 0.254 e. The van der Waals surface area contributed by atoms with E-state index in [0.717, 1.165) is 22.6 Å². The maximum atomic E-state index is 13.3. The molecular weight excluding hydrogens is 352 g/mol. The van der Waals surface area contributed by atoms with Crippen LogP contribution in [0.15, 0.2) is 73.6 Å². The van der Waals surface area contributed by atoms with Crippen LogP contribution in [0, 0.1) is 0 Å². The van der Waals surface area contributed by atoms with Crippen LogP contribution in [0.2, 0.25) is 0 Å². The third kappa shape index (κ3) is 2.87. The molecule has 7 heteroatoms. The van der Waals surface area contributed by atoms with Crippen molar-refractivity contribution in [3.05, 3.63) is 96.1 Å². The Labute approximate surface area is 161 Å². The molecule has 1 aliphatic rings. The Kier molecular flexibility index (Phi) is 3.97. The molecule has 2 aromatic heterocycles. The standard InChI is InChI=1S/C21H18N6O/c28-21(16-7-4-8-17(9-16)27-13-24-25-14-27)26-10-18(15-5-2-1-3-6-15)20-19(11-26)22-12-23-20/h1-9,12-14,18H,10-11H2,(H,22,23). The maximum absolute atomic E-state index is 13.3. The van der Waals surface area contributed by atoms with Gasteiger partial charge in [-0.1, -0.05) is 36.4 Å². The predicted molar refractivity (Wildman–Crippen MR) is 103 cm³/mol. The summed E-state index contributed by atoms with van der Waals surface area (Å²) in [4.78, 5) is 22.9. The monoisotopic (exact) mass is 370 g/mol. The van der Waals surface area contributed by atoms with Gasteiger partial charge in [0.25, 0.3) is 5.91 Å². The molecule has 138 valence electrons. The summed E-state index contributed by atoms with van der Waals surface area (Å²) in [6, 6.07) is 17.7. The van der Waals surface area contributed by atoms with Gasteiger partial charge in [-0.25, -0.2) is 4.98 Å². The molecular formula is C21H18N6O. The molecule has 0 saturated heterocycles. The molecule has 0 radical (unpaired) electrons. The average molecular weight is 370 g/mol. The molecule has 1 unspecified atom stereocenters. The van der Waals surface area contributed by atoms with Crippen LogP contribution in [0.25, 0.3) is 5.69 Å². The van der Waals surface area contributed by atoms with E-state index in [4.69, 9.17) is 0 Å². The van der Waals surface area contributed by atoms with E-state index in [-0.39, 0.29) is 11.8 Å². The summed E-state index contributed by atoms with van der Waals surface area (Å²) >= 11 is 0. The Balaban J connectivity index is 1.47. The third-order valence-electron chi connectivity index (χ3n) is 5.13. The van der Waals surface area contributed by atoms with E-state index in [1.807, 2.05) is 47.4 Å². The molecule has 1 amide bonds. The molecule has 0 spiro atoms. The van der Waals surface area contributed by atoms with E-state index in [0.29, 0.717) is 18.7 Å². The Bertz CT molecular complexity index is 1100. The van der Waals surface area contributed by atoms with Crippen LogP contribution in [-0.4, -0.2) is 42.1 Å². The van der Waals surface area contributed by atoms with Gasteiger partial charge in [-0.15, -0.1) is 10.2 Å². The molecule has 0 bridgehead atoms. The summed E-state index contributed by atoms with van der Waals surface area (Å²) in [6.45, 7) is 1.12. The number of nitrogens with zero attached hydrogens (tertiary/aromatic N) is 5. The van der Waals surface area contributed by atoms with E-state index in [2.05, 4.69) is 32.3 Å². The normalized spacial score (nSPS) is 16.0. The number of hydrogen-bond donors (Lipinski definition) is 1. The Morgan fingerprint density at radius 2 is 1.86 bits per heavy atom. The van der Waals surface area contributed by atoms with Crippen molar-refractivity contribution in [3.63, 3.8) is 0 Å². The number of carbonyl (C=O) groups is 1. The number of rotatable bonds is 3. The van der Waals surface area contributed by atoms with Gasteiger partial charge in [-0.05, 0) is 23.8 Å². The van der Waals surface area contributed by atoms with Gasteiger partial charge >= 0.3 is 0 Å². The summed E-state index contributed by atoms with van der Waals surface area (Å²) in [7, 11) is 0. The van der Waals surface area contributed by atoms with Crippen LogP contribution in [-0.2, 0) is 6.54 Å². The van der Waals surface area contributed by atoms with Gasteiger partial charge < -0.3 is 9.88 Å². The number of hydrogen-bond acceptors (Lipinski definition) is 4. The van der Waals surface area contributed by atoms with Crippen LogP contribution < -0.4 is 0 Å². The first-order valence-electron chi connectivity index (χ1n) is 9.11. The Morgan fingerprint density at radius 1 is 1.04 bits per heavy atom. The fourth-order valence-electron chi connectivity index (χ4n) is 3.74. The van der Waals surface area contributed by atoms with Crippen LogP contribution in [0.4, 0.5) is 0 Å². The lowest BCUT2D eigenvalue weighted by atomic mass is 9.90. The van der Waals surface area contributed by atoms with Crippen molar-refractivity contribution in [1.82, 2.24) is 29.6 Å². The minimum absolute atomic E-state index is 0.00361. The highest BCUT2D eigenvalue weighted by Gasteiger charge is 2.31. The fraction of sp³-hybridized carbons (Fsp3) is 0.143. The molecule has 0 saturated carbocycles. The van der Waals surface area contributed by atoms with Gasteiger partial charge in [-0.3, -0.25) is 9.36 Å². The number of nitrogens with one attached hydrogen (secondary N) is 1. The lowest BCUT2D eigenvalue weighted by Gasteiger charge is -2.32. The zero-order valence-corrected chi connectivity index (χ0v) is 15.1. The van der Waals surface area contributed by atoms with Crippen molar-refractivity contribution in [1.29, 1.82) is 0 Å². The molecule has 7 nitrogen and oxygen atoms in total. The van der Waals surface area contributed by atoms with Crippen molar-refractivity contribution < 1.29 is 4.79 Å². The topological polar surface area (TPSA) is 79.7 Å². The number of carbonyl (C=O) groups excluding carboxylic acids is 1. The third-order valence-corrected chi connectivity index (χ3v) is 5.13. The van der Waals surface area contributed by atoms with Crippen LogP contribution >= 0.6 is 0 Å². The zero-order valence-electron chi connectivity index (χ0n) is 15.1. The summed E-state index contributed by atoms with van der Waals surface area (Å²) in [5, 5.41) is 7.66. The molecule has 0 aliphatic carbocycles. The number of aromatic nitrogens is 5. The number of aromatic amines is 1. The van der Waals surface area contributed by atoms with Crippen molar-refractivity contribution in [2.45, 2.75) is 12.5 Å². The summed E-state index contributed by atoms with van der Waals surface area (Å²) in [5.41, 5.74) is 4.67.